The van der Waals surface area contributed by atoms with Crippen LogP contribution in [0.15, 0.2) is 29.8 Å². The van der Waals surface area contributed by atoms with Crippen molar-refractivity contribution >= 4 is 28.3 Å². The Morgan fingerprint density at radius 1 is 1.25 bits per heavy atom. The molecule has 1 aromatic carbocycles. The van der Waals surface area contributed by atoms with Gasteiger partial charge in [-0.05, 0) is 17.7 Å². The molecule has 24 heavy (non-hydrogen) atoms. The molecular weight excluding hydrogens is 330 g/mol. The number of hydrogen-bond donors (Lipinski definition) is 0. The Hall–Kier alpha value is -2.61. The number of amides is 2. The van der Waals surface area contributed by atoms with Crippen molar-refractivity contribution < 1.29 is 19.1 Å². The van der Waals surface area contributed by atoms with Gasteiger partial charge >= 0.3 is 0 Å². The molecule has 0 unspecified atom stereocenters. The van der Waals surface area contributed by atoms with Crippen LogP contribution >= 0.6 is 11.3 Å². The van der Waals surface area contributed by atoms with Crippen LogP contribution in [0.4, 0.5) is 5.13 Å². The fourth-order valence-electron chi connectivity index (χ4n) is 2.77. The van der Waals surface area contributed by atoms with E-state index in [9.17, 15) is 9.59 Å². The molecule has 1 saturated heterocycles. The maximum Gasteiger partial charge on any atom is 0.248 e. The second-order valence-electron chi connectivity index (χ2n) is 5.54. The third-order valence-electron chi connectivity index (χ3n) is 4.02. The number of hydrogen-bond acceptors (Lipinski definition) is 6. The summed E-state index contributed by atoms with van der Waals surface area (Å²) >= 11 is 1.42. The van der Waals surface area contributed by atoms with E-state index in [1.54, 1.807) is 22.1 Å². The summed E-state index contributed by atoms with van der Waals surface area (Å²) in [5.74, 6) is 1.18. The Balaban J connectivity index is 1.40. The SMILES string of the molecule is O=C(Cc1ccc2c(c1)OCO2)N1CCN(c2nccs2)C(=O)C1. The molecule has 124 valence electrons. The van der Waals surface area contributed by atoms with E-state index in [1.165, 1.54) is 11.3 Å². The van der Waals surface area contributed by atoms with Crippen LogP contribution in [0.2, 0.25) is 0 Å². The van der Waals surface area contributed by atoms with Gasteiger partial charge in [0.1, 0.15) is 6.54 Å². The number of piperazine rings is 1. The molecule has 3 heterocycles. The minimum atomic E-state index is -0.102. The number of carbonyl (C=O) groups excluding carboxylic acids is 2. The fraction of sp³-hybridized carbons (Fsp3) is 0.312. The van der Waals surface area contributed by atoms with Gasteiger partial charge in [-0.2, -0.15) is 0 Å². The van der Waals surface area contributed by atoms with Crippen LogP contribution in [0.5, 0.6) is 11.5 Å². The number of thiazole rings is 1. The van der Waals surface area contributed by atoms with E-state index in [1.807, 2.05) is 17.5 Å². The first-order chi connectivity index (χ1) is 11.7. The molecule has 0 aliphatic carbocycles. The molecule has 2 aliphatic heterocycles. The van der Waals surface area contributed by atoms with Gasteiger partial charge in [0.25, 0.3) is 0 Å². The van der Waals surface area contributed by atoms with E-state index in [2.05, 4.69) is 4.98 Å². The zero-order chi connectivity index (χ0) is 16.5. The number of benzene rings is 1. The number of anilines is 1. The molecule has 0 saturated carbocycles. The first-order valence-electron chi connectivity index (χ1n) is 7.57. The Bertz CT molecular complexity index is 778. The first-order valence-corrected chi connectivity index (χ1v) is 8.45. The monoisotopic (exact) mass is 345 g/mol. The van der Waals surface area contributed by atoms with Crippen molar-refractivity contribution in [1.29, 1.82) is 0 Å². The lowest BCUT2D eigenvalue weighted by Gasteiger charge is -2.32. The highest BCUT2D eigenvalue weighted by atomic mass is 32.1. The second-order valence-corrected chi connectivity index (χ2v) is 6.41. The molecule has 2 amide bonds. The minimum absolute atomic E-state index is 0.0685. The van der Waals surface area contributed by atoms with Crippen molar-refractivity contribution in [1.82, 2.24) is 9.88 Å². The molecule has 1 aromatic heterocycles. The van der Waals surface area contributed by atoms with Gasteiger partial charge in [0.15, 0.2) is 16.6 Å². The molecule has 4 rings (SSSR count). The Morgan fingerprint density at radius 2 is 2.12 bits per heavy atom. The number of ether oxygens (including phenoxy) is 2. The Morgan fingerprint density at radius 3 is 2.92 bits per heavy atom. The average molecular weight is 345 g/mol. The highest BCUT2D eigenvalue weighted by Crippen LogP contribution is 2.32. The standard InChI is InChI=1S/C16H15N3O4S/c20-14(8-11-1-2-12-13(7-11)23-10-22-12)18-4-5-19(15(21)9-18)16-17-3-6-24-16/h1-3,6-7H,4-5,8-10H2. The van der Waals surface area contributed by atoms with Crippen molar-refractivity contribution in [2.75, 3.05) is 31.3 Å². The summed E-state index contributed by atoms with van der Waals surface area (Å²) in [4.78, 5) is 32.1. The van der Waals surface area contributed by atoms with Crippen LogP contribution < -0.4 is 14.4 Å². The molecular formula is C16H15N3O4S. The van der Waals surface area contributed by atoms with Crippen molar-refractivity contribution in [3.63, 3.8) is 0 Å². The van der Waals surface area contributed by atoms with Gasteiger partial charge in [0.2, 0.25) is 18.6 Å². The molecule has 0 N–H and O–H groups in total. The van der Waals surface area contributed by atoms with E-state index in [-0.39, 0.29) is 31.6 Å². The van der Waals surface area contributed by atoms with Gasteiger partial charge in [0, 0.05) is 24.7 Å². The summed E-state index contributed by atoms with van der Waals surface area (Å²) in [5, 5.41) is 2.52. The van der Waals surface area contributed by atoms with E-state index >= 15 is 0 Å². The van der Waals surface area contributed by atoms with Gasteiger partial charge in [-0.25, -0.2) is 4.98 Å². The van der Waals surface area contributed by atoms with Crippen molar-refractivity contribution in [2.45, 2.75) is 6.42 Å². The van der Waals surface area contributed by atoms with E-state index in [0.717, 1.165) is 5.56 Å². The normalized spacial score (nSPS) is 16.6. The first kappa shape index (κ1) is 14.9. The summed E-state index contributed by atoms with van der Waals surface area (Å²) in [5.41, 5.74) is 0.846. The maximum absolute atomic E-state index is 12.5. The number of aromatic nitrogens is 1. The zero-order valence-electron chi connectivity index (χ0n) is 12.8. The molecule has 7 nitrogen and oxygen atoms in total. The average Bonchev–Trinajstić information content (AvgIpc) is 3.25. The molecule has 0 bridgehead atoms. The molecule has 2 aromatic rings. The summed E-state index contributed by atoms with van der Waals surface area (Å²) < 4.78 is 10.6. The second kappa shape index (κ2) is 6.12. The Labute approximate surface area is 142 Å². The van der Waals surface area contributed by atoms with Crippen molar-refractivity contribution in [2.24, 2.45) is 0 Å². The number of fused-ring (bicyclic) bond motifs is 1. The zero-order valence-corrected chi connectivity index (χ0v) is 13.6. The number of carbonyl (C=O) groups is 2. The van der Waals surface area contributed by atoms with Crippen LogP contribution in [-0.4, -0.2) is 48.1 Å². The third-order valence-corrected chi connectivity index (χ3v) is 4.81. The fourth-order valence-corrected chi connectivity index (χ4v) is 3.46. The largest absolute Gasteiger partial charge is 0.454 e. The van der Waals surface area contributed by atoms with Crippen LogP contribution in [0, 0.1) is 0 Å². The van der Waals surface area contributed by atoms with Crippen molar-refractivity contribution in [3.8, 4) is 11.5 Å². The van der Waals surface area contributed by atoms with Crippen LogP contribution in [0.25, 0.3) is 0 Å². The molecule has 8 heteroatoms. The molecule has 0 radical (unpaired) electrons. The number of nitrogens with zero attached hydrogens (tertiary/aromatic N) is 3. The summed E-state index contributed by atoms with van der Waals surface area (Å²) in [7, 11) is 0. The van der Waals surface area contributed by atoms with Gasteiger partial charge in [-0.3, -0.25) is 14.5 Å². The minimum Gasteiger partial charge on any atom is -0.454 e. The lowest BCUT2D eigenvalue weighted by molar-refractivity contribution is -0.136. The number of rotatable bonds is 3. The smallest absolute Gasteiger partial charge is 0.248 e. The summed E-state index contributed by atoms with van der Waals surface area (Å²) in [6.45, 7) is 1.27. The molecule has 0 spiro atoms. The lowest BCUT2D eigenvalue weighted by Crippen LogP contribution is -2.52. The van der Waals surface area contributed by atoms with Crippen LogP contribution in [0.3, 0.4) is 0 Å². The lowest BCUT2D eigenvalue weighted by atomic mass is 10.1. The molecule has 0 atom stereocenters. The quantitative estimate of drug-likeness (QED) is 0.838. The van der Waals surface area contributed by atoms with E-state index < -0.39 is 0 Å². The maximum atomic E-state index is 12.5. The van der Waals surface area contributed by atoms with Gasteiger partial charge in [0.05, 0.1) is 6.42 Å². The van der Waals surface area contributed by atoms with Crippen LogP contribution in [0.1, 0.15) is 5.56 Å². The summed E-state index contributed by atoms with van der Waals surface area (Å²) in [6.07, 6.45) is 1.91. The predicted octanol–water partition coefficient (Wildman–Crippen LogP) is 1.29. The van der Waals surface area contributed by atoms with E-state index in [0.29, 0.717) is 29.7 Å². The topological polar surface area (TPSA) is 72.0 Å². The molecule has 2 aliphatic rings. The van der Waals surface area contributed by atoms with Gasteiger partial charge in [-0.15, -0.1) is 11.3 Å². The highest BCUT2D eigenvalue weighted by molar-refractivity contribution is 7.13. The van der Waals surface area contributed by atoms with E-state index in [4.69, 9.17) is 9.47 Å². The van der Waals surface area contributed by atoms with Gasteiger partial charge in [-0.1, -0.05) is 6.07 Å². The van der Waals surface area contributed by atoms with Crippen molar-refractivity contribution in [3.05, 3.63) is 35.3 Å². The highest BCUT2D eigenvalue weighted by Gasteiger charge is 2.29. The Kier molecular flexibility index (Phi) is 3.81. The third kappa shape index (κ3) is 2.80. The molecule has 1 fully saturated rings. The summed E-state index contributed by atoms with van der Waals surface area (Å²) in [6, 6.07) is 5.46. The predicted molar refractivity (Wildman–Crippen MR) is 87.3 cm³/mol. The van der Waals surface area contributed by atoms with Gasteiger partial charge < -0.3 is 14.4 Å². The van der Waals surface area contributed by atoms with Crippen LogP contribution in [-0.2, 0) is 16.0 Å².